The smallest absolute Gasteiger partial charge is 0.243 e. The van der Waals surface area contributed by atoms with Gasteiger partial charge in [0.15, 0.2) is 16.6 Å². The van der Waals surface area contributed by atoms with E-state index in [1.807, 2.05) is 12.1 Å². The van der Waals surface area contributed by atoms with Crippen LogP contribution in [0.5, 0.6) is 11.5 Å². The number of aromatic amines is 1. The molecular formula is C33H42N8O6S2. The van der Waals surface area contributed by atoms with Crippen molar-refractivity contribution in [2.45, 2.75) is 11.3 Å². The molecule has 0 amide bonds. The van der Waals surface area contributed by atoms with Crippen LogP contribution in [0.25, 0.3) is 21.9 Å². The molecule has 49 heavy (non-hydrogen) atoms. The molecular weight excluding hydrogens is 669 g/mol. The molecule has 0 aliphatic carbocycles. The summed E-state index contributed by atoms with van der Waals surface area (Å²) >= 11 is 5.75. The SMILES string of the molecule is COc1cc2c(cc1OCCCN1CCOCC1)[nH]c1ncnc(N3CCN(C(=S)Nc4ccc(S(=O)(=O)N5CCOCC5)cc4)CC3)c12. The van der Waals surface area contributed by atoms with Crippen molar-refractivity contribution in [2.75, 3.05) is 109 Å². The maximum atomic E-state index is 13.0. The summed E-state index contributed by atoms with van der Waals surface area (Å²) in [6.07, 6.45) is 2.51. The highest BCUT2D eigenvalue weighted by Gasteiger charge is 2.27. The quantitative estimate of drug-likeness (QED) is 0.185. The molecule has 0 spiro atoms. The molecule has 2 aromatic carbocycles. The van der Waals surface area contributed by atoms with E-state index in [1.165, 1.54) is 4.31 Å². The summed E-state index contributed by atoms with van der Waals surface area (Å²) in [7, 11) is -1.90. The van der Waals surface area contributed by atoms with Crippen LogP contribution in [-0.4, -0.2) is 142 Å². The standard InChI is InChI=1S/C33H42N8O6S2/c1-44-28-21-26-27(22-29(28)47-16-2-7-38-12-17-45-18-13-38)37-31-30(26)32(35-23-34-31)39-8-10-40(11-9-39)33(48)36-24-3-5-25(6-4-24)49(42,43)41-14-19-46-20-15-41/h3-6,21-23H,2,7-20H2,1H3,(H,36,48)(H,34,35,37). The molecule has 2 N–H and O–H groups in total. The number of nitrogens with one attached hydrogen (secondary N) is 2. The number of aromatic nitrogens is 3. The predicted octanol–water partition coefficient (Wildman–Crippen LogP) is 2.76. The van der Waals surface area contributed by atoms with Gasteiger partial charge in [-0.2, -0.15) is 4.31 Å². The number of thiocarbonyl (C=S) groups is 1. The summed E-state index contributed by atoms with van der Waals surface area (Å²) in [5, 5.41) is 5.78. The van der Waals surface area contributed by atoms with Crippen LogP contribution in [0, 0.1) is 0 Å². The molecule has 7 rings (SSSR count). The van der Waals surface area contributed by atoms with E-state index in [2.05, 4.69) is 30.0 Å². The van der Waals surface area contributed by atoms with Gasteiger partial charge in [0.2, 0.25) is 10.0 Å². The molecule has 16 heteroatoms. The average molecular weight is 711 g/mol. The Bertz CT molecular complexity index is 1870. The number of sulfonamides is 1. The van der Waals surface area contributed by atoms with E-state index in [1.54, 1.807) is 37.7 Å². The van der Waals surface area contributed by atoms with Crippen molar-refractivity contribution < 1.29 is 27.4 Å². The largest absolute Gasteiger partial charge is 0.493 e. The molecule has 0 atom stereocenters. The number of hydrogen-bond acceptors (Lipinski definition) is 11. The highest BCUT2D eigenvalue weighted by Crippen LogP contribution is 2.38. The van der Waals surface area contributed by atoms with Gasteiger partial charge in [0.25, 0.3) is 0 Å². The summed E-state index contributed by atoms with van der Waals surface area (Å²) in [6.45, 7) is 9.41. The van der Waals surface area contributed by atoms with Gasteiger partial charge in [-0.25, -0.2) is 18.4 Å². The number of methoxy groups -OCH3 is 1. The van der Waals surface area contributed by atoms with Gasteiger partial charge in [0.1, 0.15) is 17.8 Å². The number of fused-ring (bicyclic) bond motifs is 3. The van der Waals surface area contributed by atoms with E-state index in [9.17, 15) is 8.42 Å². The van der Waals surface area contributed by atoms with Gasteiger partial charge in [0.05, 0.1) is 55.9 Å². The van der Waals surface area contributed by atoms with Crippen molar-refractivity contribution in [1.82, 2.24) is 29.1 Å². The van der Waals surface area contributed by atoms with Crippen molar-refractivity contribution in [2.24, 2.45) is 0 Å². The molecule has 2 aromatic heterocycles. The fourth-order valence-electron chi connectivity index (χ4n) is 6.49. The maximum Gasteiger partial charge on any atom is 0.243 e. The Morgan fingerprint density at radius 3 is 2.37 bits per heavy atom. The number of rotatable bonds is 10. The first-order valence-corrected chi connectivity index (χ1v) is 18.5. The van der Waals surface area contributed by atoms with Crippen LogP contribution >= 0.6 is 12.2 Å². The highest BCUT2D eigenvalue weighted by atomic mass is 32.2. The number of piperazine rings is 1. The van der Waals surface area contributed by atoms with Gasteiger partial charge < -0.3 is 39.0 Å². The van der Waals surface area contributed by atoms with Crippen LogP contribution in [0.2, 0.25) is 0 Å². The second kappa shape index (κ2) is 15.0. The molecule has 0 unspecified atom stereocenters. The van der Waals surface area contributed by atoms with Gasteiger partial charge in [0, 0.05) is 76.0 Å². The van der Waals surface area contributed by atoms with Crippen LogP contribution in [0.3, 0.4) is 0 Å². The number of benzene rings is 2. The van der Waals surface area contributed by atoms with Gasteiger partial charge >= 0.3 is 0 Å². The normalized spacial score (nSPS) is 18.2. The number of hydrogen-bond donors (Lipinski definition) is 2. The Kier molecular flexibility index (Phi) is 10.3. The van der Waals surface area contributed by atoms with E-state index >= 15 is 0 Å². The zero-order valence-corrected chi connectivity index (χ0v) is 29.2. The lowest BCUT2D eigenvalue weighted by Gasteiger charge is -2.37. The van der Waals surface area contributed by atoms with Gasteiger partial charge in [-0.05, 0) is 49.0 Å². The minimum absolute atomic E-state index is 0.258. The fourth-order valence-corrected chi connectivity index (χ4v) is 8.20. The first kappa shape index (κ1) is 33.7. The Hall–Kier alpha value is -3.80. The van der Waals surface area contributed by atoms with Crippen molar-refractivity contribution in [3.8, 4) is 11.5 Å². The Morgan fingerprint density at radius 1 is 0.939 bits per heavy atom. The van der Waals surface area contributed by atoms with Crippen LogP contribution in [-0.2, 0) is 19.5 Å². The summed E-state index contributed by atoms with van der Waals surface area (Å²) in [5.74, 6) is 2.22. The fraction of sp³-hybridized carbons (Fsp3) is 0.485. The summed E-state index contributed by atoms with van der Waals surface area (Å²) in [4.78, 5) is 19.7. The molecule has 5 heterocycles. The summed E-state index contributed by atoms with van der Waals surface area (Å²) in [5.41, 5.74) is 2.40. The first-order chi connectivity index (χ1) is 23.9. The van der Waals surface area contributed by atoms with Crippen molar-refractivity contribution in [1.29, 1.82) is 0 Å². The van der Waals surface area contributed by atoms with Crippen LogP contribution in [0.15, 0.2) is 47.6 Å². The number of anilines is 2. The molecule has 14 nitrogen and oxygen atoms in total. The monoisotopic (exact) mass is 710 g/mol. The summed E-state index contributed by atoms with van der Waals surface area (Å²) < 4.78 is 50.1. The highest BCUT2D eigenvalue weighted by molar-refractivity contribution is 7.89. The number of nitrogens with zero attached hydrogens (tertiary/aromatic N) is 6. The number of ether oxygens (including phenoxy) is 4. The third-order valence-electron chi connectivity index (χ3n) is 9.21. The first-order valence-electron chi connectivity index (χ1n) is 16.7. The lowest BCUT2D eigenvalue weighted by atomic mass is 10.1. The van der Waals surface area contributed by atoms with Gasteiger partial charge in [-0.15, -0.1) is 0 Å². The zero-order chi connectivity index (χ0) is 33.8. The third kappa shape index (κ3) is 7.39. The Labute approximate surface area is 291 Å². The molecule has 3 aliphatic heterocycles. The Balaban J connectivity index is 0.985. The van der Waals surface area contributed by atoms with Crippen molar-refractivity contribution >= 4 is 60.8 Å². The lowest BCUT2D eigenvalue weighted by Crippen LogP contribution is -2.50. The van der Waals surface area contributed by atoms with Crippen molar-refractivity contribution in [3.63, 3.8) is 0 Å². The second-order valence-electron chi connectivity index (χ2n) is 12.2. The maximum absolute atomic E-state index is 13.0. The molecule has 3 fully saturated rings. The minimum Gasteiger partial charge on any atom is -0.493 e. The van der Waals surface area contributed by atoms with E-state index < -0.39 is 10.0 Å². The van der Waals surface area contributed by atoms with Gasteiger partial charge in [-0.1, -0.05) is 0 Å². The second-order valence-corrected chi connectivity index (χ2v) is 14.5. The molecule has 3 saturated heterocycles. The Morgan fingerprint density at radius 2 is 1.65 bits per heavy atom. The van der Waals surface area contributed by atoms with Crippen LogP contribution in [0.1, 0.15) is 6.42 Å². The minimum atomic E-state index is -3.55. The van der Waals surface area contributed by atoms with E-state index in [0.29, 0.717) is 75.7 Å². The number of morpholine rings is 2. The topological polar surface area (TPSA) is 138 Å². The molecule has 0 bridgehead atoms. The molecule has 0 saturated carbocycles. The predicted molar refractivity (Wildman–Crippen MR) is 191 cm³/mol. The van der Waals surface area contributed by atoms with Crippen LogP contribution in [0.4, 0.5) is 11.5 Å². The zero-order valence-electron chi connectivity index (χ0n) is 27.6. The van der Waals surface area contributed by atoms with Crippen LogP contribution < -0.4 is 19.7 Å². The average Bonchev–Trinajstić information content (AvgIpc) is 3.51. The van der Waals surface area contributed by atoms with Crippen molar-refractivity contribution in [3.05, 3.63) is 42.7 Å². The van der Waals surface area contributed by atoms with Gasteiger partial charge in [-0.3, -0.25) is 4.90 Å². The summed E-state index contributed by atoms with van der Waals surface area (Å²) in [6, 6.07) is 10.7. The third-order valence-corrected chi connectivity index (χ3v) is 11.5. The van der Waals surface area contributed by atoms with E-state index in [4.69, 9.17) is 36.1 Å². The molecule has 0 radical (unpaired) electrons. The van der Waals surface area contributed by atoms with E-state index in [0.717, 1.165) is 72.7 Å². The van der Waals surface area contributed by atoms with E-state index in [-0.39, 0.29) is 4.90 Å². The lowest BCUT2D eigenvalue weighted by molar-refractivity contribution is 0.0357. The molecule has 3 aliphatic rings. The number of H-pyrrole nitrogens is 1. The molecule has 4 aromatic rings. The molecule has 262 valence electrons.